The van der Waals surface area contributed by atoms with E-state index in [-0.39, 0.29) is 11.8 Å². The lowest BCUT2D eigenvalue weighted by Gasteiger charge is -2.04. The first kappa shape index (κ1) is 33.9. The Bertz CT molecular complexity index is 413. The molecule has 0 radical (unpaired) electrons. The minimum atomic E-state index is -0.155. The smallest absolute Gasteiger partial charge is 0.217 e. The van der Waals surface area contributed by atoms with E-state index in [1.807, 2.05) is 0 Å². The summed E-state index contributed by atoms with van der Waals surface area (Å²) >= 11 is 0. The van der Waals surface area contributed by atoms with Gasteiger partial charge in [-0.25, -0.2) is 0 Å². The van der Waals surface area contributed by atoms with E-state index in [0.29, 0.717) is 12.8 Å². The van der Waals surface area contributed by atoms with Crippen LogP contribution in [0.25, 0.3) is 0 Å². The Hall–Kier alpha value is -1.06. The monoisotopic (exact) mass is 494 g/mol. The van der Waals surface area contributed by atoms with E-state index >= 15 is 0 Å². The summed E-state index contributed by atoms with van der Waals surface area (Å²) in [6.07, 6.45) is 37.5. The highest BCUT2D eigenvalue weighted by molar-refractivity contribution is 5.73. The van der Waals surface area contributed by atoms with Gasteiger partial charge in [-0.1, -0.05) is 161 Å². The molecule has 35 heavy (non-hydrogen) atoms. The van der Waals surface area contributed by atoms with Gasteiger partial charge in [0.15, 0.2) is 0 Å². The highest BCUT2D eigenvalue weighted by atomic mass is 16.1. The lowest BCUT2D eigenvalue weighted by atomic mass is 10.0. The largest absolute Gasteiger partial charge is 0.370 e. The molecule has 0 fully saturated rings. The Kier molecular flexibility index (Phi) is 28.3. The lowest BCUT2D eigenvalue weighted by Crippen LogP contribution is -2.09. The zero-order valence-corrected chi connectivity index (χ0v) is 23.5. The van der Waals surface area contributed by atoms with E-state index in [1.54, 1.807) is 0 Å². The molecule has 4 nitrogen and oxygen atoms in total. The van der Waals surface area contributed by atoms with Crippen molar-refractivity contribution >= 4 is 11.8 Å². The zero-order chi connectivity index (χ0) is 25.7. The predicted molar refractivity (Wildman–Crippen MR) is 152 cm³/mol. The molecule has 208 valence electrons. The van der Waals surface area contributed by atoms with Crippen molar-refractivity contribution in [2.24, 2.45) is 11.5 Å². The fourth-order valence-corrected chi connectivity index (χ4v) is 5.02. The SMILES string of the molecule is NC(=O)CCCCCCCCCCCCCCCCCCCCCCCCCCCCCC(N)=O. The first-order valence-corrected chi connectivity index (χ1v) is 15.7. The molecule has 4 heteroatoms. The maximum Gasteiger partial charge on any atom is 0.217 e. The first-order chi connectivity index (χ1) is 17.1. The average molecular weight is 495 g/mol. The molecule has 0 aromatic heterocycles. The number of hydrogen-bond donors (Lipinski definition) is 2. The van der Waals surface area contributed by atoms with Crippen LogP contribution in [0.4, 0.5) is 0 Å². The van der Waals surface area contributed by atoms with Crippen LogP contribution >= 0.6 is 0 Å². The molecule has 0 aliphatic heterocycles. The summed E-state index contributed by atoms with van der Waals surface area (Å²) in [6, 6.07) is 0. The van der Waals surface area contributed by atoms with Crippen molar-refractivity contribution < 1.29 is 9.59 Å². The van der Waals surface area contributed by atoms with E-state index in [4.69, 9.17) is 11.5 Å². The van der Waals surface area contributed by atoms with Crippen LogP contribution in [-0.4, -0.2) is 11.8 Å². The van der Waals surface area contributed by atoms with Crippen molar-refractivity contribution in [1.29, 1.82) is 0 Å². The fourth-order valence-electron chi connectivity index (χ4n) is 5.02. The van der Waals surface area contributed by atoms with E-state index < -0.39 is 0 Å². The van der Waals surface area contributed by atoms with Gasteiger partial charge in [0.2, 0.25) is 11.8 Å². The summed E-state index contributed by atoms with van der Waals surface area (Å²) in [6.45, 7) is 0. The molecule has 0 atom stereocenters. The molecule has 4 N–H and O–H groups in total. The Morgan fingerprint density at radius 3 is 0.486 bits per heavy atom. The minimum Gasteiger partial charge on any atom is -0.370 e. The number of carbonyl (C=O) groups excluding carboxylic acids is 2. The van der Waals surface area contributed by atoms with Crippen LogP contribution in [0.5, 0.6) is 0 Å². The molecular weight excluding hydrogens is 432 g/mol. The molecule has 0 aliphatic carbocycles. The van der Waals surface area contributed by atoms with E-state index in [1.165, 1.54) is 148 Å². The van der Waals surface area contributed by atoms with Crippen LogP contribution in [-0.2, 0) is 9.59 Å². The second-order valence-corrected chi connectivity index (χ2v) is 11.0. The van der Waals surface area contributed by atoms with Gasteiger partial charge >= 0.3 is 0 Å². The average Bonchev–Trinajstić information content (AvgIpc) is 2.82. The van der Waals surface area contributed by atoms with Crippen LogP contribution in [0.1, 0.15) is 186 Å². The van der Waals surface area contributed by atoms with Crippen LogP contribution in [0, 0.1) is 0 Å². The summed E-state index contributed by atoms with van der Waals surface area (Å²) in [4.78, 5) is 21.3. The fraction of sp³-hybridized carbons (Fsp3) is 0.935. The number of rotatable bonds is 30. The Morgan fingerprint density at radius 2 is 0.371 bits per heavy atom. The van der Waals surface area contributed by atoms with E-state index in [9.17, 15) is 9.59 Å². The Labute approximate surface area is 219 Å². The van der Waals surface area contributed by atoms with Crippen molar-refractivity contribution in [3.05, 3.63) is 0 Å². The number of hydrogen-bond acceptors (Lipinski definition) is 2. The second kappa shape index (κ2) is 29.2. The molecule has 0 unspecified atom stereocenters. The summed E-state index contributed by atoms with van der Waals surface area (Å²) < 4.78 is 0. The molecule has 0 rings (SSSR count). The third-order valence-electron chi connectivity index (χ3n) is 7.35. The summed E-state index contributed by atoms with van der Waals surface area (Å²) in [5.41, 5.74) is 10.3. The van der Waals surface area contributed by atoms with Gasteiger partial charge in [-0.2, -0.15) is 0 Å². The van der Waals surface area contributed by atoms with Crippen LogP contribution < -0.4 is 11.5 Å². The molecule has 0 saturated carbocycles. The normalized spacial score (nSPS) is 11.2. The van der Waals surface area contributed by atoms with Gasteiger partial charge in [-0.05, 0) is 12.8 Å². The Morgan fingerprint density at radius 1 is 0.257 bits per heavy atom. The summed E-state index contributed by atoms with van der Waals surface area (Å²) in [7, 11) is 0. The maximum atomic E-state index is 10.7. The molecule has 0 heterocycles. The van der Waals surface area contributed by atoms with Gasteiger partial charge in [0.05, 0.1) is 0 Å². The molecule has 0 aliphatic rings. The number of nitrogens with two attached hydrogens (primary N) is 2. The third-order valence-corrected chi connectivity index (χ3v) is 7.35. The van der Waals surface area contributed by atoms with Crippen LogP contribution in [0.3, 0.4) is 0 Å². The molecule has 0 saturated heterocycles. The highest BCUT2D eigenvalue weighted by Crippen LogP contribution is 2.16. The molecule has 0 bridgehead atoms. The molecule has 0 aromatic carbocycles. The van der Waals surface area contributed by atoms with Gasteiger partial charge in [0.25, 0.3) is 0 Å². The Balaban J connectivity index is 3.03. The number of primary amides is 2. The highest BCUT2D eigenvalue weighted by Gasteiger charge is 1.98. The van der Waals surface area contributed by atoms with E-state index in [0.717, 1.165) is 25.7 Å². The predicted octanol–water partition coefficient (Wildman–Crippen LogP) is 9.27. The van der Waals surface area contributed by atoms with Crippen molar-refractivity contribution in [2.75, 3.05) is 0 Å². The zero-order valence-electron chi connectivity index (χ0n) is 23.5. The number of carbonyl (C=O) groups is 2. The second-order valence-electron chi connectivity index (χ2n) is 11.0. The van der Waals surface area contributed by atoms with Crippen molar-refractivity contribution in [3.8, 4) is 0 Å². The van der Waals surface area contributed by atoms with Gasteiger partial charge in [0, 0.05) is 12.8 Å². The molecule has 0 aromatic rings. The summed E-state index contributed by atoms with van der Waals surface area (Å²) in [5, 5.41) is 0. The number of unbranched alkanes of at least 4 members (excludes halogenated alkanes) is 26. The van der Waals surface area contributed by atoms with Crippen LogP contribution in [0.2, 0.25) is 0 Å². The van der Waals surface area contributed by atoms with Crippen molar-refractivity contribution in [3.63, 3.8) is 0 Å². The topological polar surface area (TPSA) is 86.2 Å². The van der Waals surface area contributed by atoms with Gasteiger partial charge < -0.3 is 11.5 Å². The lowest BCUT2D eigenvalue weighted by molar-refractivity contribution is -0.119. The van der Waals surface area contributed by atoms with Gasteiger partial charge in [-0.3, -0.25) is 9.59 Å². The van der Waals surface area contributed by atoms with Gasteiger partial charge in [0.1, 0.15) is 0 Å². The summed E-state index contributed by atoms with van der Waals surface area (Å²) in [5.74, 6) is -0.311. The molecular formula is C31H62N2O2. The first-order valence-electron chi connectivity index (χ1n) is 15.7. The third kappa shape index (κ3) is 32.9. The molecule has 2 amide bonds. The van der Waals surface area contributed by atoms with Gasteiger partial charge in [-0.15, -0.1) is 0 Å². The standard InChI is InChI=1S/C31H62N2O2/c32-30(34)28-26-24-22-20-18-16-14-12-10-8-6-4-2-1-3-5-7-9-11-13-15-17-19-21-23-25-27-29-31(33)35/h1-29H2,(H2,32,34)(H2,33,35). The quantitative estimate of drug-likeness (QED) is 0.0974. The molecule has 0 spiro atoms. The van der Waals surface area contributed by atoms with Crippen LogP contribution in [0.15, 0.2) is 0 Å². The minimum absolute atomic E-state index is 0.155. The van der Waals surface area contributed by atoms with Crippen molar-refractivity contribution in [1.82, 2.24) is 0 Å². The maximum absolute atomic E-state index is 10.7. The van der Waals surface area contributed by atoms with E-state index in [2.05, 4.69) is 0 Å². The number of amides is 2. The van der Waals surface area contributed by atoms with Crippen molar-refractivity contribution in [2.45, 2.75) is 186 Å².